The van der Waals surface area contributed by atoms with Gasteiger partial charge in [0.05, 0.1) is 6.04 Å². The number of carbonyl (C=O) groups excluding carboxylic acids is 1. The fourth-order valence-corrected chi connectivity index (χ4v) is 3.92. The number of amides is 1. The summed E-state index contributed by atoms with van der Waals surface area (Å²) in [5, 5.41) is 3.94. The van der Waals surface area contributed by atoms with Crippen molar-refractivity contribution >= 4 is 17.5 Å². The van der Waals surface area contributed by atoms with E-state index in [1.54, 1.807) is 0 Å². The Hall–Kier alpha value is -1.06. The summed E-state index contributed by atoms with van der Waals surface area (Å²) >= 11 is 6.01. The number of likely N-dealkylation sites (tertiary alicyclic amines) is 1. The van der Waals surface area contributed by atoms with Crippen LogP contribution >= 0.6 is 11.6 Å². The van der Waals surface area contributed by atoms with E-state index in [9.17, 15) is 4.79 Å². The first-order valence-corrected chi connectivity index (χ1v) is 8.85. The Bertz CT molecular complexity index is 539. The minimum Gasteiger partial charge on any atom is -0.341 e. The molecule has 0 bridgehead atoms. The summed E-state index contributed by atoms with van der Waals surface area (Å²) in [5.41, 5.74) is 1.37. The standard InChI is InChI=1S/C19H29ClN2O/c1-13(2)17(21-5)18(23)22-11-10-16(19(3,4)12-22)14-6-8-15(20)9-7-14/h6-9,13,16-17,21H,10-12H2,1-5H3/t16?,17-/m1/s1. The minimum atomic E-state index is -0.0992. The number of nitrogens with zero attached hydrogens (tertiary/aromatic N) is 1. The molecule has 2 rings (SSSR count). The van der Waals surface area contributed by atoms with Crippen LogP contribution in [0, 0.1) is 11.3 Å². The molecule has 0 radical (unpaired) electrons. The third-order valence-corrected chi connectivity index (χ3v) is 5.31. The van der Waals surface area contributed by atoms with Crippen molar-refractivity contribution in [1.82, 2.24) is 10.2 Å². The predicted molar refractivity (Wildman–Crippen MR) is 96.9 cm³/mol. The number of piperidine rings is 1. The quantitative estimate of drug-likeness (QED) is 0.903. The summed E-state index contributed by atoms with van der Waals surface area (Å²) in [5.74, 6) is 0.977. The number of rotatable bonds is 4. The first-order chi connectivity index (χ1) is 10.8. The first-order valence-electron chi connectivity index (χ1n) is 8.48. The number of likely N-dealkylation sites (N-methyl/N-ethyl adjacent to an activating group) is 1. The second kappa shape index (κ2) is 7.23. The van der Waals surface area contributed by atoms with Gasteiger partial charge in [-0.05, 0) is 48.4 Å². The molecule has 1 saturated heterocycles. The molecule has 0 saturated carbocycles. The van der Waals surface area contributed by atoms with Crippen molar-refractivity contribution in [3.05, 3.63) is 34.9 Å². The Balaban J connectivity index is 2.13. The topological polar surface area (TPSA) is 32.3 Å². The van der Waals surface area contributed by atoms with Crippen molar-refractivity contribution < 1.29 is 4.79 Å². The van der Waals surface area contributed by atoms with Gasteiger partial charge in [-0.2, -0.15) is 0 Å². The smallest absolute Gasteiger partial charge is 0.239 e. The maximum Gasteiger partial charge on any atom is 0.239 e. The molecule has 1 N–H and O–H groups in total. The van der Waals surface area contributed by atoms with E-state index in [-0.39, 0.29) is 17.4 Å². The number of nitrogens with one attached hydrogen (secondary N) is 1. The van der Waals surface area contributed by atoms with Crippen molar-refractivity contribution in [1.29, 1.82) is 0 Å². The fourth-order valence-electron chi connectivity index (χ4n) is 3.80. The summed E-state index contributed by atoms with van der Waals surface area (Å²) in [6, 6.07) is 8.06. The zero-order chi connectivity index (χ0) is 17.2. The highest BCUT2D eigenvalue weighted by atomic mass is 35.5. The molecule has 1 unspecified atom stereocenters. The maximum absolute atomic E-state index is 12.8. The van der Waals surface area contributed by atoms with Crippen LogP contribution in [0.25, 0.3) is 0 Å². The van der Waals surface area contributed by atoms with Crippen molar-refractivity contribution in [2.24, 2.45) is 11.3 Å². The lowest BCUT2D eigenvalue weighted by atomic mass is 9.70. The van der Waals surface area contributed by atoms with Gasteiger partial charge in [-0.15, -0.1) is 0 Å². The third-order valence-electron chi connectivity index (χ3n) is 5.06. The van der Waals surface area contributed by atoms with E-state index in [1.807, 2.05) is 24.1 Å². The molecule has 1 aliphatic heterocycles. The summed E-state index contributed by atoms with van der Waals surface area (Å²) in [4.78, 5) is 14.8. The molecule has 1 aliphatic rings. The third kappa shape index (κ3) is 4.07. The summed E-state index contributed by atoms with van der Waals surface area (Å²) < 4.78 is 0. The molecule has 3 nitrogen and oxygen atoms in total. The average molecular weight is 337 g/mol. The Labute approximate surface area is 145 Å². The number of hydrogen-bond donors (Lipinski definition) is 1. The Kier molecular flexibility index (Phi) is 5.74. The summed E-state index contributed by atoms with van der Waals surface area (Å²) in [7, 11) is 1.87. The normalized spacial score (nSPS) is 22.2. The van der Waals surface area contributed by atoms with Crippen LogP contribution in [0.2, 0.25) is 5.02 Å². The van der Waals surface area contributed by atoms with Gasteiger partial charge in [-0.25, -0.2) is 0 Å². The minimum absolute atomic E-state index is 0.0526. The van der Waals surface area contributed by atoms with Crippen molar-refractivity contribution in [3.63, 3.8) is 0 Å². The molecular formula is C19H29ClN2O. The molecule has 1 amide bonds. The number of carbonyl (C=O) groups is 1. The maximum atomic E-state index is 12.8. The number of halogens is 1. The highest BCUT2D eigenvalue weighted by Crippen LogP contribution is 2.42. The number of benzene rings is 1. The van der Waals surface area contributed by atoms with Gasteiger partial charge in [0.15, 0.2) is 0 Å². The zero-order valence-electron chi connectivity index (χ0n) is 14.9. The van der Waals surface area contributed by atoms with Crippen LogP contribution in [-0.2, 0) is 4.79 Å². The van der Waals surface area contributed by atoms with Crippen LogP contribution in [0.3, 0.4) is 0 Å². The Morgan fingerprint density at radius 3 is 2.39 bits per heavy atom. The zero-order valence-corrected chi connectivity index (χ0v) is 15.7. The molecule has 1 aromatic rings. The Morgan fingerprint density at radius 2 is 1.91 bits per heavy atom. The van der Waals surface area contributed by atoms with E-state index in [0.29, 0.717) is 11.8 Å². The largest absolute Gasteiger partial charge is 0.341 e. The second-order valence-corrected chi connectivity index (χ2v) is 8.09. The van der Waals surface area contributed by atoms with Gasteiger partial charge in [-0.3, -0.25) is 4.79 Å². The molecule has 1 aromatic carbocycles. The Morgan fingerprint density at radius 1 is 1.30 bits per heavy atom. The van der Waals surface area contributed by atoms with Crippen LogP contribution in [0.4, 0.5) is 0 Å². The van der Waals surface area contributed by atoms with Crippen LogP contribution in [0.1, 0.15) is 45.6 Å². The van der Waals surface area contributed by atoms with Crippen molar-refractivity contribution in [2.45, 2.75) is 46.1 Å². The fraction of sp³-hybridized carbons (Fsp3) is 0.632. The van der Waals surface area contributed by atoms with Crippen LogP contribution in [0.15, 0.2) is 24.3 Å². The van der Waals surface area contributed by atoms with Crippen LogP contribution < -0.4 is 5.32 Å². The molecule has 0 spiro atoms. The molecule has 1 heterocycles. The van der Waals surface area contributed by atoms with Gasteiger partial charge in [0.25, 0.3) is 0 Å². The summed E-state index contributed by atoms with van der Waals surface area (Å²) in [6.07, 6.45) is 0.995. The van der Waals surface area contributed by atoms with Gasteiger partial charge in [0.2, 0.25) is 5.91 Å². The molecule has 128 valence electrons. The number of hydrogen-bond acceptors (Lipinski definition) is 2. The molecule has 0 aliphatic carbocycles. The lowest BCUT2D eigenvalue weighted by Gasteiger charge is -2.45. The second-order valence-electron chi connectivity index (χ2n) is 7.65. The highest BCUT2D eigenvalue weighted by Gasteiger charge is 2.39. The molecule has 0 aromatic heterocycles. The SMILES string of the molecule is CN[C@@H](C(=O)N1CCC(c2ccc(Cl)cc2)C(C)(C)C1)C(C)C. The van der Waals surface area contributed by atoms with E-state index in [1.165, 1.54) is 5.56 Å². The van der Waals surface area contributed by atoms with Crippen molar-refractivity contribution in [3.8, 4) is 0 Å². The first kappa shape index (κ1) is 18.3. The summed E-state index contributed by atoms with van der Waals surface area (Å²) in [6.45, 7) is 10.3. The average Bonchev–Trinajstić information content (AvgIpc) is 2.47. The lowest BCUT2D eigenvalue weighted by molar-refractivity contribution is -0.138. The molecular weight excluding hydrogens is 308 g/mol. The van der Waals surface area contributed by atoms with Crippen molar-refractivity contribution in [2.75, 3.05) is 20.1 Å². The van der Waals surface area contributed by atoms with E-state index >= 15 is 0 Å². The van der Waals surface area contributed by atoms with Gasteiger partial charge < -0.3 is 10.2 Å². The van der Waals surface area contributed by atoms with E-state index in [4.69, 9.17) is 11.6 Å². The van der Waals surface area contributed by atoms with Crippen LogP contribution in [-0.4, -0.2) is 37.0 Å². The molecule has 2 atom stereocenters. The van der Waals surface area contributed by atoms with Gasteiger partial charge in [0, 0.05) is 18.1 Å². The van der Waals surface area contributed by atoms with Gasteiger partial charge in [0.1, 0.15) is 0 Å². The van der Waals surface area contributed by atoms with E-state index < -0.39 is 0 Å². The van der Waals surface area contributed by atoms with E-state index in [2.05, 4.69) is 45.1 Å². The van der Waals surface area contributed by atoms with Gasteiger partial charge in [-0.1, -0.05) is 51.4 Å². The van der Waals surface area contributed by atoms with E-state index in [0.717, 1.165) is 24.5 Å². The monoisotopic (exact) mass is 336 g/mol. The lowest BCUT2D eigenvalue weighted by Crippen LogP contribution is -2.54. The predicted octanol–water partition coefficient (Wildman–Crippen LogP) is 3.93. The molecule has 23 heavy (non-hydrogen) atoms. The molecule has 4 heteroatoms. The highest BCUT2D eigenvalue weighted by molar-refractivity contribution is 6.30. The molecule has 1 fully saturated rings. The van der Waals surface area contributed by atoms with Gasteiger partial charge >= 0.3 is 0 Å². The van der Waals surface area contributed by atoms with Crippen LogP contribution in [0.5, 0.6) is 0 Å².